The van der Waals surface area contributed by atoms with Crippen molar-refractivity contribution < 1.29 is 13.2 Å². The number of nitrogens with zero attached hydrogens (tertiary/aromatic N) is 1. The first kappa shape index (κ1) is 9.80. The third kappa shape index (κ3) is 2.39. The van der Waals surface area contributed by atoms with Crippen molar-refractivity contribution in [1.29, 1.82) is 5.41 Å². The first-order valence-corrected chi connectivity index (χ1v) is 4.89. The molecule has 0 heterocycles. The van der Waals surface area contributed by atoms with E-state index in [2.05, 4.69) is 0 Å². The summed E-state index contributed by atoms with van der Waals surface area (Å²) < 4.78 is 36.6. The molecular weight excluding hydrogens is 193 g/mol. The molecular formula is C9H13F3N2. The van der Waals surface area contributed by atoms with Crippen LogP contribution >= 0.6 is 0 Å². The van der Waals surface area contributed by atoms with Crippen LogP contribution in [0.1, 0.15) is 25.7 Å². The Labute approximate surface area is 80.6 Å². The topological polar surface area (TPSA) is 27.1 Å². The molecule has 80 valence electrons. The van der Waals surface area contributed by atoms with Crippen LogP contribution in [0.4, 0.5) is 13.2 Å². The monoisotopic (exact) mass is 206 g/mol. The molecule has 0 radical (unpaired) electrons. The van der Waals surface area contributed by atoms with Gasteiger partial charge in [0.05, 0.1) is 5.84 Å². The van der Waals surface area contributed by atoms with Crippen LogP contribution in [0, 0.1) is 11.3 Å². The zero-order chi connectivity index (χ0) is 10.3. The first-order chi connectivity index (χ1) is 6.47. The van der Waals surface area contributed by atoms with Gasteiger partial charge in [-0.05, 0) is 25.7 Å². The van der Waals surface area contributed by atoms with E-state index in [-0.39, 0.29) is 17.8 Å². The van der Waals surface area contributed by atoms with Crippen molar-refractivity contribution in [2.24, 2.45) is 5.92 Å². The van der Waals surface area contributed by atoms with E-state index >= 15 is 0 Å². The van der Waals surface area contributed by atoms with Gasteiger partial charge >= 0.3 is 6.18 Å². The normalized spacial score (nSPS) is 22.2. The standard InChI is InChI=1S/C9H13F3N2/c10-9(11,12)5-14(7-3-4-7)8(13)6-1-2-6/h6-7,13H,1-5H2. The van der Waals surface area contributed by atoms with Crippen molar-refractivity contribution in [1.82, 2.24) is 4.90 Å². The average Bonchev–Trinajstić information content (AvgIpc) is 2.83. The molecule has 2 rings (SSSR count). The van der Waals surface area contributed by atoms with Gasteiger partial charge in [-0.1, -0.05) is 0 Å². The fourth-order valence-electron chi connectivity index (χ4n) is 1.58. The number of hydrogen-bond acceptors (Lipinski definition) is 1. The minimum Gasteiger partial charge on any atom is -0.348 e. The Hall–Kier alpha value is -0.740. The second kappa shape index (κ2) is 3.14. The third-order valence-electron chi connectivity index (χ3n) is 2.61. The molecule has 0 aliphatic heterocycles. The lowest BCUT2D eigenvalue weighted by Crippen LogP contribution is -2.40. The van der Waals surface area contributed by atoms with Gasteiger partial charge in [-0.2, -0.15) is 13.2 Å². The van der Waals surface area contributed by atoms with Gasteiger partial charge in [-0.25, -0.2) is 0 Å². The van der Waals surface area contributed by atoms with E-state index in [1.807, 2.05) is 0 Å². The first-order valence-electron chi connectivity index (χ1n) is 4.89. The predicted molar refractivity (Wildman–Crippen MR) is 46.2 cm³/mol. The molecule has 2 aliphatic carbocycles. The summed E-state index contributed by atoms with van der Waals surface area (Å²) in [6.07, 6.45) is -0.778. The maximum Gasteiger partial charge on any atom is 0.405 e. The van der Waals surface area contributed by atoms with Gasteiger partial charge in [0, 0.05) is 12.0 Å². The summed E-state index contributed by atoms with van der Waals surface area (Å²) >= 11 is 0. The molecule has 0 amide bonds. The van der Waals surface area contributed by atoms with Gasteiger partial charge < -0.3 is 4.90 Å². The van der Waals surface area contributed by atoms with Gasteiger partial charge in [-0.3, -0.25) is 5.41 Å². The molecule has 2 nitrogen and oxygen atoms in total. The molecule has 0 spiro atoms. The van der Waals surface area contributed by atoms with Gasteiger partial charge in [0.1, 0.15) is 6.54 Å². The molecule has 2 fully saturated rings. The molecule has 0 aromatic carbocycles. The highest BCUT2D eigenvalue weighted by atomic mass is 19.4. The Morgan fingerprint density at radius 2 is 1.79 bits per heavy atom. The van der Waals surface area contributed by atoms with Crippen molar-refractivity contribution in [2.45, 2.75) is 37.9 Å². The quantitative estimate of drug-likeness (QED) is 0.557. The molecule has 0 unspecified atom stereocenters. The lowest BCUT2D eigenvalue weighted by molar-refractivity contribution is -0.139. The molecule has 0 aromatic heterocycles. The minimum absolute atomic E-state index is 0.00951. The summed E-state index contributed by atoms with van der Waals surface area (Å²) in [4.78, 5) is 1.25. The van der Waals surface area contributed by atoms with Crippen molar-refractivity contribution in [3.8, 4) is 0 Å². The molecule has 0 bridgehead atoms. The molecule has 5 heteroatoms. The number of hydrogen-bond donors (Lipinski definition) is 1. The highest BCUT2D eigenvalue weighted by Crippen LogP contribution is 2.37. The highest BCUT2D eigenvalue weighted by Gasteiger charge is 2.42. The smallest absolute Gasteiger partial charge is 0.348 e. The zero-order valence-electron chi connectivity index (χ0n) is 7.77. The highest BCUT2D eigenvalue weighted by molar-refractivity contribution is 5.84. The van der Waals surface area contributed by atoms with Crippen molar-refractivity contribution in [3.63, 3.8) is 0 Å². The lowest BCUT2D eigenvalue weighted by Gasteiger charge is -2.26. The fraction of sp³-hybridized carbons (Fsp3) is 0.889. The van der Waals surface area contributed by atoms with Gasteiger partial charge in [0.2, 0.25) is 0 Å². The Morgan fingerprint density at radius 3 is 2.14 bits per heavy atom. The summed E-state index contributed by atoms with van der Waals surface area (Å²) in [6.45, 7) is -0.938. The summed E-state index contributed by atoms with van der Waals surface area (Å²) in [7, 11) is 0. The molecule has 1 N–H and O–H groups in total. The fourth-order valence-corrected chi connectivity index (χ4v) is 1.58. The summed E-state index contributed by atoms with van der Waals surface area (Å²) in [5.41, 5.74) is 0. The number of nitrogens with one attached hydrogen (secondary N) is 1. The van der Waals surface area contributed by atoms with E-state index in [1.165, 1.54) is 4.90 Å². The molecule has 14 heavy (non-hydrogen) atoms. The molecule has 0 saturated heterocycles. The Morgan fingerprint density at radius 1 is 1.21 bits per heavy atom. The number of halogens is 3. The third-order valence-corrected chi connectivity index (χ3v) is 2.61. The Bertz CT molecular complexity index is 241. The van der Waals surface area contributed by atoms with Crippen LogP contribution in [0.5, 0.6) is 0 Å². The molecule has 0 atom stereocenters. The number of alkyl halides is 3. The zero-order valence-corrected chi connectivity index (χ0v) is 7.77. The van der Waals surface area contributed by atoms with E-state index in [1.54, 1.807) is 0 Å². The summed E-state index contributed by atoms with van der Waals surface area (Å²) in [6, 6.07) is -0.00951. The SMILES string of the molecule is N=C(C1CC1)N(CC(F)(F)F)C1CC1. The maximum absolute atomic E-state index is 12.2. The predicted octanol–water partition coefficient (Wildman–Crippen LogP) is 2.40. The minimum atomic E-state index is -4.18. The molecule has 2 saturated carbocycles. The van der Waals surface area contributed by atoms with Crippen LogP contribution in [0.15, 0.2) is 0 Å². The van der Waals surface area contributed by atoms with Crippen LogP contribution in [0.3, 0.4) is 0 Å². The second-order valence-corrected chi connectivity index (χ2v) is 4.13. The van der Waals surface area contributed by atoms with E-state index in [9.17, 15) is 13.2 Å². The average molecular weight is 206 g/mol. The van der Waals surface area contributed by atoms with E-state index in [4.69, 9.17) is 5.41 Å². The second-order valence-electron chi connectivity index (χ2n) is 4.13. The van der Waals surface area contributed by atoms with Crippen LogP contribution < -0.4 is 0 Å². The van der Waals surface area contributed by atoms with E-state index in [0.717, 1.165) is 25.7 Å². The largest absolute Gasteiger partial charge is 0.405 e. The molecule has 2 aliphatic rings. The Kier molecular flexibility index (Phi) is 2.20. The van der Waals surface area contributed by atoms with Crippen molar-refractivity contribution in [2.75, 3.05) is 6.54 Å². The molecule has 0 aromatic rings. The lowest BCUT2D eigenvalue weighted by atomic mass is 10.3. The van der Waals surface area contributed by atoms with Crippen LogP contribution in [0.25, 0.3) is 0 Å². The van der Waals surface area contributed by atoms with Gasteiger partial charge in [-0.15, -0.1) is 0 Å². The van der Waals surface area contributed by atoms with E-state index in [0.29, 0.717) is 0 Å². The Balaban J connectivity index is 1.96. The number of rotatable bonds is 3. The number of amidine groups is 1. The van der Waals surface area contributed by atoms with Gasteiger partial charge in [0.15, 0.2) is 0 Å². The summed E-state index contributed by atoms with van der Waals surface area (Å²) in [5.74, 6) is 0.322. The van der Waals surface area contributed by atoms with Gasteiger partial charge in [0.25, 0.3) is 0 Å². The maximum atomic E-state index is 12.2. The van der Waals surface area contributed by atoms with Crippen molar-refractivity contribution in [3.05, 3.63) is 0 Å². The summed E-state index contributed by atoms with van der Waals surface area (Å²) in [5, 5.41) is 7.64. The van der Waals surface area contributed by atoms with Crippen LogP contribution in [0.2, 0.25) is 0 Å². The van der Waals surface area contributed by atoms with Crippen LogP contribution in [-0.4, -0.2) is 29.5 Å². The van der Waals surface area contributed by atoms with E-state index < -0.39 is 12.7 Å². The van der Waals surface area contributed by atoms with Crippen molar-refractivity contribution >= 4 is 5.84 Å². The van der Waals surface area contributed by atoms with Crippen LogP contribution in [-0.2, 0) is 0 Å².